The Kier molecular flexibility index (Phi) is 6.65. The van der Waals surface area contributed by atoms with Crippen LogP contribution in [0.4, 0.5) is 11.4 Å². The number of hydrogen-bond acceptors (Lipinski definition) is 5. The molecule has 0 aromatic heterocycles. The molecule has 0 heterocycles. The van der Waals surface area contributed by atoms with Crippen LogP contribution in [-0.2, 0) is 4.79 Å². The second kappa shape index (κ2) is 8.93. The largest absolute Gasteiger partial charge is 0.495 e. The molecule has 144 valence electrons. The highest BCUT2D eigenvalue weighted by molar-refractivity contribution is 6.06. The van der Waals surface area contributed by atoms with E-state index in [4.69, 9.17) is 14.2 Å². The molecule has 0 spiro atoms. The van der Waals surface area contributed by atoms with Crippen LogP contribution in [-0.4, -0.2) is 33.1 Å². The number of methoxy groups -OCH3 is 3. The molecular formula is C20H24N2O5. The number of ether oxygens (including phenoxy) is 3. The molecule has 0 saturated heterocycles. The molecule has 2 aromatic rings. The summed E-state index contributed by atoms with van der Waals surface area (Å²) >= 11 is 0. The third kappa shape index (κ3) is 4.91. The minimum absolute atomic E-state index is 0.161. The standard InChI is InChI=1S/C20H24N2O5/c1-12(2)19(23)22-15-10-13(6-8-16(15)25-3)20(24)21-14-7-9-17(26-4)18(11-14)27-5/h6-12H,1-5H3,(H,21,24)(H,22,23). The third-order valence-electron chi connectivity index (χ3n) is 3.89. The fourth-order valence-corrected chi connectivity index (χ4v) is 2.34. The van der Waals surface area contributed by atoms with E-state index < -0.39 is 0 Å². The first kappa shape index (κ1) is 20.1. The summed E-state index contributed by atoms with van der Waals surface area (Å²) in [5.74, 6) is 0.870. The molecule has 0 aliphatic heterocycles. The number of amides is 2. The molecule has 2 aromatic carbocycles. The first-order valence-electron chi connectivity index (χ1n) is 8.41. The molecule has 7 heteroatoms. The fraction of sp³-hybridized carbons (Fsp3) is 0.300. The summed E-state index contributed by atoms with van der Waals surface area (Å²) in [7, 11) is 4.57. The minimum atomic E-state index is -0.329. The third-order valence-corrected chi connectivity index (χ3v) is 3.89. The summed E-state index contributed by atoms with van der Waals surface area (Å²) < 4.78 is 15.7. The molecule has 2 rings (SSSR count). The predicted molar refractivity (Wildman–Crippen MR) is 104 cm³/mol. The summed E-state index contributed by atoms with van der Waals surface area (Å²) in [6, 6.07) is 9.93. The molecule has 2 amide bonds. The molecule has 0 fully saturated rings. The van der Waals surface area contributed by atoms with Crippen LogP contribution in [0.2, 0.25) is 0 Å². The number of rotatable bonds is 7. The Balaban J connectivity index is 2.24. The first-order valence-corrected chi connectivity index (χ1v) is 8.41. The quantitative estimate of drug-likeness (QED) is 0.776. The maximum atomic E-state index is 12.6. The van der Waals surface area contributed by atoms with E-state index >= 15 is 0 Å². The van der Waals surface area contributed by atoms with Crippen molar-refractivity contribution in [1.29, 1.82) is 0 Å². The van der Waals surface area contributed by atoms with E-state index in [-0.39, 0.29) is 17.7 Å². The molecule has 0 bridgehead atoms. The van der Waals surface area contributed by atoms with Crippen molar-refractivity contribution in [2.24, 2.45) is 5.92 Å². The number of carbonyl (C=O) groups excluding carboxylic acids is 2. The van der Waals surface area contributed by atoms with Gasteiger partial charge in [0.25, 0.3) is 5.91 Å². The van der Waals surface area contributed by atoms with Crippen molar-refractivity contribution in [1.82, 2.24) is 0 Å². The lowest BCUT2D eigenvalue weighted by atomic mass is 10.1. The van der Waals surface area contributed by atoms with E-state index in [0.717, 1.165) is 0 Å². The van der Waals surface area contributed by atoms with E-state index in [2.05, 4.69) is 10.6 Å². The molecule has 0 saturated carbocycles. The van der Waals surface area contributed by atoms with Crippen LogP contribution in [0.25, 0.3) is 0 Å². The molecule has 2 N–H and O–H groups in total. The maximum Gasteiger partial charge on any atom is 0.255 e. The molecule has 0 aliphatic rings. The summed E-state index contributed by atoms with van der Waals surface area (Å²) in [5, 5.41) is 5.57. The van der Waals surface area contributed by atoms with Crippen molar-refractivity contribution >= 4 is 23.2 Å². The zero-order valence-electron chi connectivity index (χ0n) is 16.1. The van der Waals surface area contributed by atoms with Crippen molar-refractivity contribution in [3.05, 3.63) is 42.0 Å². The van der Waals surface area contributed by atoms with Crippen LogP contribution in [0.5, 0.6) is 17.2 Å². The second-order valence-electron chi connectivity index (χ2n) is 6.08. The molecule has 0 unspecified atom stereocenters. The number of carbonyl (C=O) groups is 2. The van der Waals surface area contributed by atoms with Gasteiger partial charge in [-0.15, -0.1) is 0 Å². The smallest absolute Gasteiger partial charge is 0.255 e. The Morgan fingerprint density at radius 3 is 2.04 bits per heavy atom. The van der Waals surface area contributed by atoms with E-state index in [1.54, 1.807) is 57.4 Å². The number of hydrogen-bond donors (Lipinski definition) is 2. The highest BCUT2D eigenvalue weighted by Crippen LogP contribution is 2.30. The predicted octanol–water partition coefficient (Wildman–Crippen LogP) is 3.56. The summed E-state index contributed by atoms with van der Waals surface area (Å²) in [5.41, 5.74) is 1.38. The molecule has 0 atom stereocenters. The van der Waals surface area contributed by atoms with Crippen LogP contribution in [0.3, 0.4) is 0 Å². The number of nitrogens with one attached hydrogen (secondary N) is 2. The van der Waals surface area contributed by atoms with Gasteiger partial charge in [0, 0.05) is 23.2 Å². The lowest BCUT2D eigenvalue weighted by Gasteiger charge is -2.14. The van der Waals surface area contributed by atoms with Gasteiger partial charge in [-0.3, -0.25) is 9.59 Å². The highest BCUT2D eigenvalue weighted by Gasteiger charge is 2.15. The average Bonchev–Trinajstić information content (AvgIpc) is 2.67. The van der Waals surface area contributed by atoms with E-state index in [1.165, 1.54) is 14.2 Å². The van der Waals surface area contributed by atoms with Crippen LogP contribution < -0.4 is 24.8 Å². The number of anilines is 2. The summed E-state index contributed by atoms with van der Waals surface area (Å²) in [6.07, 6.45) is 0. The minimum Gasteiger partial charge on any atom is -0.495 e. The van der Waals surface area contributed by atoms with Crippen LogP contribution >= 0.6 is 0 Å². The van der Waals surface area contributed by atoms with Gasteiger partial charge in [0.05, 0.1) is 27.0 Å². The first-order chi connectivity index (χ1) is 12.9. The normalized spacial score (nSPS) is 10.3. The van der Waals surface area contributed by atoms with Crippen molar-refractivity contribution in [2.45, 2.75) is 13.8 Å². The zero-order chi connectivity index (χ0) is 20.0. The monoisotopic (exact) mass is 372 g/mol. The van der Waals surface area contributed by atoms with Crippen molar-refractivity contribution in [2.75, 3.05) is 32.0 Å². The van der Waals surface area contributed by atoms with Crippen molar-refractivity contribution in [3.8, 4) is 17.2 Å². The Bertz CT molecular complexity index is 833. The summed E-state index contributed by atoms with van der Waals surface area (Å²) in [6.45, 7) is 3.57. The van der Waals surface area contributed by atoms with Gasteiger partial charge in [0.15, 0.2) is 11.5 Å². The molecule has 0 aliphatic carbocycles. The van der Waals surface area contributed by atoms with Crippen LogP contribution in [0, 0.1) is 5.92 Å². The second-order valence-corrected chi connectivity index (χ2v) is 6.08. The van der Waals surface area contributed by atoms with Crippen LogP contribution in [0.15, 0.2) is 36.4 Å². The van der Waals surface area contributed by atoms with Crippen LogP contribution in [0.1, 0.15) is 24.2 Å². The summed E-state index contributed by atoms with van der Waals surface area (Å²) in [4.78, 5) is 24.6. The topological polar surface area (TPSA) is 85.9 Å². The molecular weight excluding hydrogens is 348 g/mol. The highest BCUT2D eigenvalue weighted by atomic mass is 16.5. The molecule has 27 heavy (non-hydrogen) atoms. The SMILES string of the molecule is COc1ccc(C(=O)Nc2ccc(OC)c(OC)c2)cc1NC(=O)C(C)C. The molecule has 0 radical (unpaired) electrons. The number of benzene rings is 2. The van der Waals surface area contributed by atoms with E-state index in [9.17, 15) is 9.59 Å². The van der Waals surface area contributed by atoms with Gasteiger partial charge in [-0.05, 0) is 30.3 Å². The van der Waals surface area contributed by atoms with Gasteiger partial charge in [-0.2, -0.15) is 0 Å². The van der Waals surface area contributed by atoms with Gasteiger partial charge >= 0.3 is 0 Å². The zero-order valence-corrected chi connectivity index (χ0v) is 16.1. The Hall–Kier alpha value is -3.22. The van der Waals surface area contributed by atoms with Gasteiger partial charge in [-0.25, -0.2) is 0 Å². The lowest BCUT2D eigenvalue weighted by Crippen LogP contribution is -2.19. The fourth-order valence-electron chi connectivity index (χ4n) is 2.34. The Labute approximate surface area is 158 Å². The average molecular weight is 372 g/mol. The van der Waals surface area contributed by atoms with Gasteiger partial charge in [0.1, 0.15) is 5.75 Å². The Morgan fingerprint density at radius 1 is 0.815 bits per heavy atom. The van der Waals surface area contributed by atoms with E-state index in [0.29, 0.717) is 34.2 Å². The van der Waals surface area contributed by atoms with Crippen molar-refractivity contribution < 1.29 is 23.8 Å². The van der Waals surface area contributed by atoms with Gasteiger partial charge in [-0.1, -0.05) is 13.8 Å². The van der Waals surface area contributed by atoms with E-state index in [1.807, 2.05) is 0 Å². The van der Waals surface area contributed by atoms with Gasteiger partial charge in [0.2, 0.25) is 5.91 Å². The lowest BCUT2D eigenvalue weighted by molar-refractivity contribution is -0.118. The maximum absolute atomic E-state index is 12.6. The van der Waals surface area contributed by atoms with Gasteiger partial charge < -0.3 is 24.8 Å². The van der Waals surface area contributed by atoms with Crippen molar-refractivity contribution in [3.63, 3.8) is 0 Å². The Morgan fingerprint density at radius 2 is 1.44 bits per heavy atom. The molecule has 7 nitrogen and oxygen atoms in total.